The van der Waals surface area contributed by atoms with Crippen molar-refractivity contribution in [3.63, 3.8) is 0 Å². The zero-order valence-corrected chi connectivity index (χ0v) is 10.5. The van der Waals surface area contributed by atoms with E-state index in [1.807, 2.05) is 6.20 Å². The van der Waals surface area contributed by atoms with Crippen LogP contribution in [0.5, 0.6) is 0 Å². The average molecular weight is 238 g/mol. The summed E-state index contributed by atoms with van der Waals surface area (Å²) in [6.45, 7) is 3.63. The molecule has 1 aromatic heterocycles. The number of nitrogens with zero attached hydrogens (tertiary/aromatic N) is 3. The molecule has 5 heteroatoms. The van der Waals surface area contributed by atoms with Crippen molar-refractivity contribution in [2.24, 2.45) is 5.92 Å². The number of aliphatic hydroxyl groups is 1. The van der Waals surface area contributed by atoms with E-state index in [1.165, 1.54) is 25.7 Å². The van der Waals surface area contributed by atoms with E-state index >= 15 is 0 Å². The molecule has 1 fully saturated rings. The molecule has 1 aliphatic rings. The fraction of sp³-hybridized carbons (Fsp3) is 0.833. The van der Waals surface area contributed by atoms with E-state index in [2.05, 4.69) is 22.6 Å². The molecule has 17 heavy (non-hydrogen) atoms. The monoisotopic (exact) mass is 238 g/mol. The number of hydrogen-bond acceptors (Lipinski definition) is 4. The summed E-state index contributed by atoms with van der Waals surface area (Å²) in [7, 11) is 0. The molecule has 0 amide bonds. The molecule has 0 spiro atoms. The van der Waals surface area contributed by atoms with Gasteiger partial charge in [0.2, 0.25) is 0 Å². The minimum absolute atomic E-state index is 0.107. The van der Waals surface area contributed by atoms with E-state index in [1.54, 1.807) is 4.68 Å². The summed E-state index contributed by atoms with van der Waals surface area (Å²) in [5.74, 6) is 0.956. The second kappa shape index (κ2) is 6.12. The van der Waals surface area contributed by atoms with Crippen LogP contribution in [0.1, 0.15) is 38.3 Å². The first-order valence-corrected chi connectivity index (χ1v) is 6.55. The topological polar surface area (TPSA) is 63.0 Å². The lowest BCUT2D eigenvalue weighted by atomic mass is 10.1. The largest absolute Gasteiger partial charge is 0.394 e. The maximum Gasteiger partial charge on any atom is 0.0964 e. The molecule has 1 heterocycles. The molecule has 0 radical (unpaired) electrons. The zero-order chi connectivity index (χ0) is 12.1. The summed E-state index contributed by atoms with van der Waals surface area (Å²) in [5.41, 5.74) is 0.952. The molecular weight excluding hydrogens is 216 g/mol. The van der Waals surface area contributed by atoms with Gasteiger partial charge in [0.1, 0.15) is 0 Å². The van der Waals surface area contributed by atoms with Gasteiger partial charge in [0.25, 0.3) is 0 Å². The summed E-state index contributed by atoms with van der Waals surface area (Å²) in [6, 6.07) is 0.602. The van der Waals surface area contributed by atoms with E-state index in [-0.39, 0.29) is 6.61 Å². The normalized spacial score (nSPS) is 17.3. The second-order valence-corrected chi connectivity index (χ2v) is 4.86. The van der Waals surface area contributed by atoms with Crippen molar-refractivity contribution >= 4 is 0 Å². The summed E-state index contributed by atoms with van der Waals surface area (Å²) in [6.07, 6.45) is 7.17. The smallest absolute Gasteiger partial charge is 0.0964 e. The van der Waals surface area contributed by atoms with Gasteiger partial charge in [-0.15, -0.1) is 5.10 Å². The van der Waals surface area contributed by atoms with Gasteiger partial charge in [-0.05, 0) is 18.8 Å². The summed E-state index contributed by atoms with van der Waals surface area (Å²) in [4.78, 5) is 0. The number of hydrogen-bond donors (Lipinski definition) is 2. The lowest BCUT2D eigenvalue weighted by molar-refractivity contribution is 0.268. The van der Waals surface area contributed by atoms with E-state index in [4.69, 9.17) is 5.11 Å². The van der Waals surface area contributed by atoms with Crippen LogP contribution in [0, 0.1) is 5.92 Å². The first-order valence-electron chi connectivity index (χ1n) is 6.55. The highest BCUT2D eigenvalue weighted by atomic mass is 16.3. The highest BCUT2D eigenvalue weighted by Crippen LogP contribution is 2.34. The third-order valence-electron chi connectivity index (χ3n) is 3.29. The predicted octanol–water partition coefficient (Wildman–Crippen LogP) is 0.939. The lowest BCUT2D eigenvalue weighted by Crippen LogP contribution is -2.28. The SMILES string of the molecule is CCC(CC1CC1)NCc1cn(CCO)nn1. The van der Waals surface area contributed by atoms with Crippen molar-refractivity contribution in [3.05, 3.63) is 11.9 Å². The quantitative estimate of drug-likeness (QED) is 0.707. The first-order chi connectivity index (χ1) is 8.31. The number of nitrogens with one attached hydrogen (secondary N) is 1. The van der Waals surface area contributed by atoms with Crippen LogP contribution in [-0.4, -0.2) is 32.7 Å². The molecule has 2 rings (SSSR count). The minimum Gasteiger partial charge on any atom is -0.394 e. The Kier molecular flexibility index (Phi) is 4.50. The third-order valence-corrected chi connectivity index (χ3v) is 3.29. The molecule has 0 aliphatic heterocycles. The van der Waals surface area contributed by atoms with Gasteiger partial charge in [0, 0.05) is 18.8 Å². The Balaban J connectivity index is 1.74. The number of aromatic nitrogens is 3. The second-order valence-electron chi connectivity index (χ2n) is 4.86. The van der Waals surface area contributed by atoms with Gasteiger partial charge in [-0.25, -0.2) is 4.68 Å². The molecule has 0 aromatic carbocycles. The zero-order valence-electron chi connectivity index (χ0n) is 10.5. The molecule has 96 valence electrons. The fourth-order valence-corrected chi connectivity index (χ4v) is 2.03. The molecule has 2 N–H and O–H groups in total. The predicted molar refractivity (Wildman–Crippen MR) is 65.4 cm³/mol. The van der Waals surface area contributed by atoms with Crippen molar-refractivity contribution in [3.8, 4) is 0 Å². The van der Waals surface area contributed by atoms with Gasteiger partial charge in [-0.1, -0.05) is 25.0 Å². The van der Waals surface area contributed by atoms with E-state index in [0.29, 0.717) is 12.6 Å². The molecule has 5 nitrogen and oxygen atoms in total. The molecule has 0 bridgehead atoms. The third kappa shape index (κ3) is 4.09. The van der Waals surface area contributed by atoms with Crippen LogP contribution in [0.25, 0.3) is 0 Å². The van der Waals surface area contributed by atoms with E-state index in [9.17, 15) is 0 Å². The Morgan fingerprint density at radius 1 is 1.59 bits per heavy atom. The van der Waals surface area contributed by atoms with Gasteiger partial charge in [0.15, 0.2) is 0 Å². The van der Waals surface area contributed by atoms with Gasteiger partial charge in [0.05, 0.1) is 18.8 Å². The van der Waals surface area contributed by atoms with Crippen LogP contribution in [0.4, 0.5) is 0 Å². The fourth-order valence-electron chi connectivity index (χ4n) is 2.03. The molecule has 1 saturated carbocycles. The molecule has 1 aliphatic carbocycles. The van der Waals surface area contributed by atoms with Gasteiger partial charge >= 0.3 is 0 Å². The molecule has 0 saturated heterocycles. The van der Waals surface area contributed by atoms with E-state index < -0.39 is 0 Å². The standard InChI is InChI=1S/C12H22N4O/c1-2-11(7-10-3-4-10)13-8-12-9-16(5-6-17)15-14-12/h9-11,13,17H,2-8H2,1H3. The highest BCUT2D eigenvalue weighted by molar-refractivity contribution is 4.92. The summed E-state index contributed by atoms with van der Waals surface area (Å²) in [5, 5.41) is 20.3. The van der Waals surface area contributed by atoms with Crippen molar-refractivity contribution in [1.29, 1.82) is 0 Å². The van der Waals surface area contributed by atoms with E-state index in [0.717, 1.165) is 18.2 Å². The van der Waals surface area contributed by atoms with Crippen molar-refractivity contribution in [1.82, 2.24) is 20.3 Å². The Morgan fingerprint density at radius 3 is 3.06 bits per heavy atom. The Morgan fingerprint density at radius 2 is 2.41 bits per heavy atom. The van der Waals surface area contributed by atoms with Crippen LogP contribution in [0.2, 0.25) is 0 Å². The number of aliphatic hydroxyl groups excluding tert-OH is 1. The van der Waals surface area contributed by atoms with Crippen LogP contribution >= 0.6 is 0 Å². The lowest BCUT2D eigenvalue weighted by Gasteiger charge is -2.15. The maximum absolute atomic E-state index is 8.79. The van der Waals surface area contributed by atoms with Gasteiger partial charge in [-0.3, -0.25) is 0 Å². The molecule has 1 unspecified atom stereocenters. The molecule has 1 atom stereocenters. The van der Waals surface area contributed by atoms with Crippen molar-refractivity contribution in [2.45, 2.75) is 51.7 Å². The van der Waals surface area contributed by atoms with Crippen LogP contribution < -0.4 is 5.32 Å². The molecule has 1 aromatic rings. The Labute approximate surface area is 102 Å². The Bertz CT molecular complexity index is 335. The highest BCUT2D eigenvalue weighted by Gasteiger charge is 2.24. The van der Waals surface area contributed by atoms with Gasteiger partial charge < -0.3 is 10.4 Å². The van der Waals surface area contributed by atoms with Gasteiger partial charge in [-0.2, -0.15) is 0 Å². The minimum atomic E-state index is 0.107. The van der Waals surface area contributed by atoms with Crippen LogP contribution in [0.3, 0.4) is 0 Å². The van der Waals surface area contributed by atoms with Crippen molar-refractivity contribution < 1.29 is 5.11 Å². The van der Waals surface area contributed by atoms with Crippen molar-refractivity contribution in [2.75, 3.05) is 6.61 Å². The molecular formula is C12H22N4O. The van der Waals surface area contributed by atoms with Crippen LogP contribution in [0.15, 0.2) is 6.20 Å². The number of rotatable bonds is 8. The first kappa shape index (κ1) is 12.5. The Hall–Kier alpha value is -0.940. The maximum atomic E-state index is 8.79. The van der Waals surface area contributed by atoms with Crippen LogP contribution in [-0.2, 0) is 13.1 Å². The average Bonchev–Trinajstić information content (AvgIpc) is 3.04. The summed E-state index contributed by atoms with van der Waals surface area (Å²) < 4.78 is 1.68. The summed E-state index contributed by atoms with van der Waals surface area (Å²) >= 11 is 0.